The molecular formula is C28H48O5. The summed E-state index contributed by atoms with van der Waals surface area (Å²) in [5.41, 5.74) is 0.102. The number of carbonyl (C=O) groups is 1. The Labute approximate surface area is 200 Å². The number of ether oxygens (including phenoxy) is 1. The quantitative estimate of drug-likeness (QED) is 0.502. The molecule has 0 aromatic rings. The molecule has 12 unspecified atom stereocenters. The highest BCUT2D eigenvalue weighted by Gasteiger charge is 2.64. The second-order valence-corrected chi connectivity index (χ2v) is 12.8. The van der Waals surface area contributed by atoms with Crippen molar-refractivity contribution in [3.63, 3.8) is 0 Å². The number of aliphatic hydroxyl groups is 3. The number of methoxy groups -OCH3 is 1. The topological polar surface area (TPSA) is 87.0 Å². The first kappa shape index (κ1) is 25.4. The second kappa shape index (κ2) is 9.43. The molecule has 0 aromatic heterocycles. The third-order valence-electron chi connectivity index (χ3n) is 11.6. The van der Waals surface area contributed by atoms with Gasteiger partial charge in [0.2, 0.25) is 0 Å². The van der Waals surface area contributed by atoms with Gasteiger partial charge in [0.25, 0.3) is 0 Å². The standard InChI is InChI=1S/C28H48O5/c1-16(26(32)33-5)6-11-24(30)17(2)21-9-10-22-20-8-7-18-14-19(29)12-13-27(18,3)23(20)15-25(31)28(21,22)4/h16-25,29-31H,6-15H2,1-5H3. The summed E-state index contributed by atoms with van der Waals surface area (Å²) >= 11 is 0. The van der Waals surface area contributed by atoms with E-state index >= 15 is 0 Å². The Morgan fingerprint density at radius 1 is 1.00 bits per heavy atom. The summed E-state index contributed by atoms with van der Waals surface area (Å²) in [5, 5.41) is 33.0. The Morgan fingerprint density at radius 2 is 1.73 bits per heavy atom. The molecule has 4 saturated carbocycles. The Balaban J connectivity index is 1.48. The molecule has 0 aromatic carbocycles. The molecule has 5 nitrogen and oxygen atoms in total. The lowest BCUT2D eigenvalue weighted by atomic mass is 9.43. The van der Waals surface area contributed by atoms with Gasteiger partial charge in [0.15, 0.2) is 0 Å². The van der Waals surface area contributed by atoms with Crippen LogP contribution in [0, 0.1) is 52.3 Å². The minimum absolute atomic E-state index is 0.104. The molecule has 0 heterocycles. The molecule has 12 atom stereocenters. The van der Waals surface area contributed by atoms with E-state index in [0.29, 0.717) is 42.4 Å². The summed E-state index contributed by atoms with van der Waals surface area (Å²) in [5.74, 6) is 2.32. The van der Waals surface area contributed by atoms with Crippen LogP contribution in [0.4, 0.5) is 0 Å². The highest BCUT2D eigenvalue weighted by molar-refractivity contribution is 5.71. The summed E-state index contributed by atoms with van der Waals surface area (Å²) in [6.45, 7) is 8.79. The van der Waals surface area contributed by atoms with Gasteiger partial charge in [-0.15, -0.1) is 0 Å². The van der Waals surface area contributed by atoms with Gasteiger partial charge < -0.3 is 20.1 Å². The van der Waals surface area contributed by atoms with E-state index in [0.717, 1.165) is 38.5 Å². The van der Waals surface area contributed by atoms with Crippen molar-refractivity contribution in [3.8, 4) is 0 Å². The van der Waals surface area contributed by atoms with E-state index in [1.165, 1.54) is 20.0 Å². The number of carbonyl (C=O) groups excluding carboxylic acids is 1. The van der Waals surface area contributed by atoms with Gasteiger partial charge in [-0.3, -0.25) is 4.79 Å². The number of rotatable bonds is 6. The molecule has 0 amide bonds. The van der Waals surface area contributed by atoms with Crippen molar-refractivity contribution in [1.29, 1.82) is 0 Å². The summed E-state index contributed by atoms with van der Waals surface area (Å²) in [7, 11) is 1.42. The van der Waals surface area contributed by atoms with E-state index in [1.54, 1.807) is 0 Å². The largest absolute Gasteiger partial charge is 0.469 e. The fraction of sp³-hybridized carbons (Fsp3) is 0.964. The highest BCUT2D eigenvalue weighted by atomic mass is 16.5. The zero-order valence-electron chi connectivity index (χ0n) is 21.5. The molecule has 0 bridgehead atoms. The van der Waals surface area contributed by atoms with E-state index in [9.17, 15) is 20.1 Å². The molecule has 33 heavy (non-hydrogen) atoms. The molecule has 0 spiro atoms. The molecule has 4 aliphatic carbocycles. The average molecular weight is 465 g/mol. The number of aliphatic hydroxyl groups excluding tert-OH is 3. The first-order valence-electron chi connectivity index (χ1n) is 13.7. The van der Waals surface area contributed by atoms with E-state index in [-0.39, 0.29) is 40.8 Å². The molecule has 3 N–H and O–H groups in total. The summed E-state index contributed by atoms with van der Waals surface area (Å²) in [6.07, 6.45) is 8.77. The SMILES string of the molecule is COC(=O)C(C)CCC(O)C(C)C1CCC2C3CCC4CC(O)CCC4(C)C3CC(O)C12C. The van der Waals surface area contributed by atoms with Crippen LogP contribution < -0.4 is 0 Å². The smallest absolute Gasteiger partial charge is 0.308 e. The van der Waals surface area contributed by atoms with Crippen LogP contribution >= 0.6 is 0 Å². The normalized spacial score (nSPS) is 47.6. The van der Waals surface area contributed by atoms with Crippen LogP contribution in [0.15, 0.2) is 0 Å². The molecule has 4 fully saturated rings. The van der Waals surface area contributed by atoms with Crippen molar-refractivity contribution in [2.45, 2.75) is 110 Å². The van der Waals surface area contributed by atoms with Crippen LogP contribution in [0.5, 0.6) is 0 Å². The highest BCUT2D eigenvalue weighted by Crippen LogP contribution is 2.68. The molecule has 0 saturated heterocycles. The van der Waals surface area contributed by atoms with Crippen molar-refractivity contribution in [2.24, 2.45) is 52.3 Å². The summed E-state index contributed by atoms with van der Waals surface area (Å²) in [4.78, 5) is 11.8. The van der Waals surface area contributed by atoms with Crippen LogP contribution in [0.3, 0.4) is 0 Å². The molecule has 4 aliphatic rings. The molecule has 0 aliphatic heterocycles. The maximum absolute atomic E-state index is 11.8. The Kier molecular flexibility index (Phi) is 7.27. The van der Waals surface area contributed by atoms with Crippen molar-refractivity contribution in [1.82, 2.24) is 0 Å². The molecule has 0 radical (unpaired) electrons. The number of esters is 1. The second-order valence-electron chi connectivity index (χ2n) is 12.8. The van der Waals surface area contributed by atoms with Gasteiger partial charge in [-0.05, 0) is 111 Å². The zero-order chi connectivity index (χ0) is 24.1. The van der Waals surface area contributed by atoms with E-state index in [4.69, 9.17) is 4.74 Å². The van der Waals surface area contributed by atoms with Gasteiger partial charge in [-0.25, -0.2) is 0 Å². The van der Waals surface area contributed by atoms with Crippen LogP contribution in [0.2, 0.25) is 0 Å². The van der Waals surface area contributed by atoms with Crippen LogP contribution in [0.1, 0.15) is 91.9 Å². The number of fused-ring (bicyclic) bond motifs is 5. The van der Waals surface area contributed by atoms with Gasteiger partial charge in [-0.1, -0.05) is 27.7 Å². The van der Waals surface area contributed by atoms with Crippen molar-refractivity contribution in [3.05, 3.63) is 0 Å². The fourth-order valence-electron chi connectivity index (χ4n) is 9.36. The zero-order valence-corrected chi connectivity index (χ0v) is 21.5. The van der Waals surface area contributed by atoms with Crippen LogP contribution in [0.25, 0.3) is 0 Å². The Hall–Kier alpha value is -0.650. The number of hydrogen-bond donors (Lipinski definition) is 3. The predicted molar refractivity (Wildman–Crippen MR) is 128 cm³/mol. The van der Waals surface area contributed by atoms with E-state index < -0.39 is 6.10 Å². The minimum atomic E-state index is -0.462. The third-order valence-corrected chi connectivity index (χ3v) is 11.6. The van der Waals surface area contributed by atoms with Gasteiger partial charge in [0, 0.05) is 0 Å². The van der Waals surface area contributed by atoms with Crippen molar-refractivity contribution in [2.75, 3.05) is 7.11 Å². The first-order chi connectivity index (χ1) is 15.5. The minimum Gasteiger partial charge on any atom is -0.469 e. The molecule has 4 rings (SSSR count). The van der Waals surface area contributed by atoms with Gasteiger partial charge in [0.05, 0.1) is 31.3 Å². The summed E-state index contributed by atoms with van der Waals surface area (Å²) in [6, 6.07) is 0. The first-order valence-corrected chi connectivity index (χ1v) is 13.7. The average Bonchev–Trinajstić information content (AvgIpc) is 3.16. The Morgan fingerprint density at radius 3 is 2.42 bits per heavy atom. The third kappa shape index (κ3) is 4.18. The molecule has 190 valence electrons. The summed E-state index contributed by atoms with van der Waals surface area (Å²) < 4.78 is 4.84. The van der Waals surface area contributed by atoms with Crippen LogP contribution in [-0.4, -0.2) is 46.7 Å². The molecular weight excluding hydrogens is 416 g/mol. The molecule has 5 heteroatoms. The van der Waals surface area contributed by atoms with Crippen molar-refractivity contribution >= 4 is 5.97 Å². The Bertz CT molecular complexity index is 710. The van der Waals surface area contributed by atoms with Gasteiger partial charge in [0.1, 0.15) is 0 Å². The maximum atomic E-state index is 11.8. The van der Waals surface area contributed by atoms with Gasteiger partial charge >= 0.3 is 5.97 Å². The van der Waals surface area contributed by atoms with Crippen molar-refractivity contribution < 1.29 is 24.9 Å². The number of hydrogen-bond acceptors (Lipinski definition) is 5. The monoisotopic (exact) mass is 464 g/mol. The maximum Gasteiger partial charge on any atom is 0.308 e. The lowest BCUT2D eigenvalue weighted by molar-refractivity contribution is -0.178. The van der Waals surface area contributed by atoms with E-state index in [2.05, 4.69) is 20.8 Å². The lowest BCUT2D eigenvalue weighted by Gasteiger charge is -2.62. The van der Waals surface area contributed by atoms with Crippen LogP contribution in [-0.2, 0) is 9.53 Å². The lowest BCUT2D eigenvalue weighted by Crippen LogP contribution is -2.59. The van der Waals surface area contributed by atoms with Gasteiger partial charge in [-0.2, -0.15) is 0 Å². The fourth-order valence-corrected chi connectivity index (χ4v) is 9.36. The van der Waals surface area contributed by atoms with E-state index in [1.807, 2.05) is 6.92 Å². The predicted octanol–water partition coefficient (Wildman–Crippen LogP) is 4.56.